The Morgan fingerprint density at radius 1 is 1.41 bits per heavy atom. The minimum Gasteiger partial charge on any atom is -0.313 e. The van der Waals surface area contributed by atoms with Crippen LogP contribution >= 0.6 is 0 Å². The summed E-state index contributed by atoms with van der Waals surface area (Å²) in [6, 6.07) is 0. The molecule has 0 heterocycles. The number of rotatable bonds is 5. The Kier molecular flexibility index (Phi) is 11.0. The summed E-state index contributed by atoms with van der Waals surface area (Å²) in [4.78, 5) is 24.0. The number of hydrogen-bond acceptors (Lipinski definition) is 3. The van der Waals surface area contributed by atoms with Crippen LogP contribution in [0.15, 0.2) is 37.6 Å². The molecule has 0 bridgehead atoms. The first-order valence-electron chi connectivity index (χ1n) is 5.19. The molecule has 17 heavy (non-hydrogen) atoms. The molecule has 5 heteroatoms. The minimum absolute atomic E-state index is 0.254. The zero-order chi connectivity index (χ0) is 13.8. The Morgan fingerprint density at radius 3 is 2.24 bits per heavy atom. The molecule has 0 saturated carbocycles. The third-order valence-electron chi connectivity index (χ3n) is 1.91. The van der Waals surface area contributed by atoms with E-state index in [9.17, 15) is 9.59 Å². The van der Waals surface area contributed by atoms with Crippen molar-refractivity contribution in [3.8, 4) is 0 Å². The van der Waals surface area contributed by atoms with Crippen molar-refractivity contribution in [2.45, 2.75) is 20.3 Å². The van der Waals surface area contributed by atoms with Gasteiger partial charge in [0.2, 0.25) is 11.8 Å². The van der Waals surface area contributed by atoms with Gasteiger partial charge in [-0.15, -0.1) is 13.2 Å². The van der Waals surface area contributed by atoms with Gasteiger partial charge < -0.3 is 4.90 Å². The Balaban J connectivity index is 0. The summed E-state index contributed by atoms with van der Waals surface area (Å²) in [6.45, 7) is 13.7. The predicted molar refractivity (Wildman–Crippen MR) is 69.5 cm³/mol. The van der Waals surface area contributed by atoms with Crippen LogP contribution in [0.3, 0.4) is 0 Å². The highest BCUT2D eigenvalue weighted by Crippen LogP contribution is 2.07. The van der Waals surface area contributed by atoms with Gasteiger partial charge in [-0.3, -0.25) is 15.0 Å². The van der Waals surface area contributed by atoms with Gasteiger partial charge in [-0.1, -0.05) is 12.7 Å². The van der Waals surface area contributed by atoms with E-state index in [1.165, 1.54) is 4.90 Å². The second-order valence-electron chi connectivity index (χ2n) is 2.80. The quantitative estimate of drug-likeness (QED) is 0.188. The number of carbonyl (C=O) groups excluding carboxylic acids is 2. The average Bonchev–Trinajstić information content (AvgIpc) is 2.37. The van der Waals surface area contributed by atoms with Gasteiger partial charge in [-0.05, 0) is 19.9 Å². The van der Waals surface area contributed by atoms with Crippen LogP contribution in [0.1, 0.15) is 20.3 Å². The van der Waals surface area contributed by atoms with Crippen molar-refractivity contribution >= 4 is 11.8 Å². The van der Waals surface area contributed by atoms with Gasteiger partial charge in [-0.25, -0.2) is 5.84 Å². The first kappa shape index (κ1) is 17.5. The van der Waals surface area contributed by atoms with Gasteiger partial charge in [0.15, 0.2) is 0 Å². The first-order valence-corrected chi connectivity index (χ1v) is 5.19. The second-order valence-corrected chi connectivity index (χ2v) is 2.80. The number of nitrogens with one attached hydrogen (secondary N) is 1. The normalized spacial score (nSPS) is 9.71. The van der Waals surface area contributed by atoms with Crippen LogP contribution in [-0.4, -0.2) is 23.3 Å². The maximum atomic E-state index is 11.6. The maximum Gasteiger partial charge on any atom is 0.243 e. The van der Waals surface area contributed by atoms with Gasteiger partial charge in [0, 0.05) is 12.2 Å². The minimum atomic E-state index is -0.502. The SMILES string of the molecule is C=C.C=C/C(=C\C)N(CC)C(=O)CC(=O)NN. The molecule has 0 aliphatic rings. The highest BCUT2D eigenvalue weighted by molar-refractivity contribution is 5.97. The molecule has 96 valence electrons. The molecule has 0 aliphatic carbocycles. The Bertz CT molecular complexity index is 298. The van der Waals surface area contributed by atoms with Gasteiger partial charge in [0.1, 0.15) is 6.42 Å². The van der Waals surface area contributed by atoms with Crippen molar-refractivity contribution in [2.24, 2.45) is 5.84 Å². The lowest BCUT2D eigenvalue weighted by atomic mass is 10.3. The van der Waals surface area contributed by atoms with E-state index in [-0.39, 0.29) is 12.3 Å². The van der Waals surface area contributed by atoms with E-state index >= 15 is 0 Å². The molecule has 0 spiro atoms. The van der Waals surface area contributed by atoms with Crippen LogP contribution in [0.4, 0.5) is 0 Å². The van der Waals surface area contributed by atoms with Crippen molar-refractivity contribution < 1.29 is 9.59 Å². The lowest BCUT2D eigenvalue weighted by molar-refractivity contribution is -0.134. The van der Waals surface area contributed by atoms with Crippen LogP contribution in [0, 0.1) is 0 Å². The molecule has 0 aromatic rings. The number of nitrogens with two attached hydrogens (primary N) is 1. The van der Waals surface area contributed by atoms with Crippen molar-refractivity contribution in [1.82, 2.24) is 10.3 Å². The molecule has 0 aromatic carbocycles. The molecule has 0 rings (SSSR count). The van der Waals surface area contributed by atoms with Crippen molar-refractivity contribution in [1.29, 1.82) is 0 Å². The standard InChI is InChI=1S/C10H17N3O2.C2H4/c1-4-8(5-2)13(6-3)10(15)7-9(14)12-11;1-2/h4-5H,1,6-7,11H2,2-3H3,(H,12,14);1-2H2/b8-5+;. The number of nitrogens with zero attached hydrogens (tertiary/aromatic N) is 1. The van der Waals surface area contributed by atoms with Gasteiger partial charge >= 0.3 is 0 Å². The average molecular weight is 239 g/mol. The number of hydrogen-bond donors (Lipinski definition) is 2. The summed E-state index contributed by atoms with van der Waals surface area (Å²) in [6.07, 6.45) is 3.08. The molecule has 0 fully saturated rings. The third kappa shape index (κ3) is 6.32. The molecule has 5 nitrogen and oxygen atoms in total. The van der Waals surface area contributed by atoms with Crippen molar-refractivity contribution in [3.63, 3.8) is 0 Å². The fourth-order valence-electron chi connectivity index (χ4n) is 1.17. The number of amides is 2. The van der Waals surface area contributed by atoms with E-state index in [2.05, 4.69) is 19.7 Å². The maximum absolute atomic E-state index is 11.6. The van der Waals surface area contributed by atoms with E-state index in [1.54, 1.807) is 19.1 Å². The van der Waals surface area contributed by atoms with Gasteiger partial charge in [-0.2, -0.15) is 0 Å². The van der Waals surface area contributed by atoms with E-state index < -0.39 is 5.91 Å². The topological polar surface area (TPSA) is 75.4 Å². The van der Waals surface area contributed by atoms with Crippen LogP contribution in [-0.2, 0) is 9.59 Å². The fraction of sp³-hybridized carbons (Fsp3) is 0.333. The van der Waals surface area contributed by atoms with E-state index in [1.807, 2.05) is 12.3 Å². The van der Waals surface area contributed by atoms with E-state index in [0.29, 0.717) is 12.2 Å². The number of allylic oxidation sites excluding steroid dienone is 2. The molecule has 0 aliphatic heterocycles. The molecule has 2 amide bonds. The lowest BCUT2D eigenvalue weighted by Crippen LogP contribution is -2.37. The highest BCUT2D eigenvalue weighted by Gasteiger charge is 2.16. The smallest absolute Gasteiger partial charge is 0.243 e. The fourth-order valence-corrected chi connectivity index (χ4v) is 1.17. The third-order valence-corrected chi connectivity index (χ3v) is 1.91. The molecule has 3 N–H and O–H groups in total. The zero-order valence-corrected chi connectivity index (χ0v) is 10.5. The van der Waals surface area contributed by atoms with Crippen molar-refractivity contribution in [3.05, 3.63) is 37.6 Å². The highest BCUT2D eigenvalue weighted by atomic mass is 16.2. The van der Waals surface area contributed by atoms with Crippen molar-refractivity contribution in [2.75, 3.05) is 6.54 Å². The van der Waals surface area contributed by atoms with Gasteiger partial charge in [0.25, 0.3) is 0 Å². The Hall–Kier alpha value is -1.88. The second kappa shape index (κ2) is 10.6. The van der Waals surface area contributed by atoms with Crippen LogP contribution in [0.5, 0.6) is 0 Å². The van der Waals surface area contributed by atoms with Gasteiger partial charge in [0.05, 0.1) is 0 Å². The summed E-state index contributed by atoms with van der Waals surface area (Å²) in [5.41, 5.74) is 2.61. The molecule has 0 unspecified atom stereocenters. The lowest BCUT2D eigenvalue weighted by Gasteiger charge is -2.21. The molecular formula is C12H21N3O2. The molecule has 0 aromatic heterocycles. The summed E-state index contributed by atoms with van der Waals surface area (Å²) >= 11 is 0. The Morgan fingerprint density at radius 2 is 1.94 bits per heavy atom. The first-order chi connectivity index (χ1) is 8.10. The monoisotopic (exact) mass is 239 g/mol. The summed E-state index contributed by atoms with van der Waals surface area (Å²) < 4.78 is 0. The zero-order valence-electron chi connectivity index (χ0n) is 10.5. The van der Waals surface area contributed by atoms with E-state index in [4.69, 9.17) is 5.84 Å². The van der Waals surface area contributed by atoms with E-state index in [0.717, 1.165) is 0 Å². The predicted octanol–water partition coefficient (Wildman–Crippen LogP) is 1.11. The number of carbonyl (C=O) groups is 2. The Labute approximate surface area is 103 Å². The van der Waals surface area contributed by atoms with Crippen LogP contribution in [0.2, 0.25) is 0 Å². The number of likely N-dealkylation sites (N-methyl/N-ethyl adjacent to an activating group) is 1. The molecule has 0 saturated heterocycles. The largest absolute Gasteiger partial charge is 0.313 e. The summed E-state index contributed by atoms with van der Waals surface area (Å²) in [5.74, 6) is 4.10. The van der Waals surface area contributed by atoms with Crippen LogP contribution in [0.25, 0.3) is 0 Å². The summed E-state index contributed by atoms with van der Waals surface area (Å²) in [7, 11) is 0. The van der Waals surface area contributed by atoms with Crippen LogP contribution < -0.4 is 11.3 Å². The molecule has 0 atom stereocenters. The molecular weight excluding hydrogens is 218 g/mol. The number of hydrazine groups is 1. The summed E-state index contributed by atoms with van der Waals surface area (Å²) in [5, 5.41) is 0. The molecule has 0 radical (unpaired) electrons.